The van der Waals surface area contributed by atoms with E-state index in [4.69, 9.17) is 12.2 Å². The van der Waals surface area contributed by atoms with E-state index in [1.54, 1.807) is 18.2 Å². The Morgan fingerprint density at radius 3 is 2.44 bits per heavy atom. The van der Waals surface area contributed by atoms with E-state index in [0.29, 0.717) is 22.2 Å². The first-order chi connectivity index (χ1) is 12.6. The molecule has 0 aliphatic heterocycles. The number of amides is 1. The molecule has 0 aliphatic carbocycles. The van der Waals surface area contributed by atoms with Crippen molar-refractivity contribution in [1.29, 1.82) is 0 Å². The molecule has 27 heavy (non-hydrogen) atoms. The fourth-order valence-corrected chi connectivity index (χ4v) is 2.54. The van der Waals surface area contributed by atoms with Crippen LogP contribution in [0.3, 0.4) is 0 Å². The van der Waals surface area contributed by atoms with Crippen molar-refractivity contribution in [3.63, 3.8) is 0 Å². The molecule has 2 aromatic carbocycles. The highest BCUT2D eigenvalue weighted by Crippen LogP contribution is 2.34. The zero-order valence-electron chi connectivity index (χ0n) is 13.1. The van der Waals surface area contributed by atoms with Gasteiger partial charge in [0.1, 0.15) is 5.69 Å². The van der Waals surface area contributed by atoms with Gasteiger partial charge in [-0.2, -0.15) is 13.2 Å². The monoisotopic (exact) mass is 462 g/mol. The lowest BCUT2D eigenvalue weighted by Crippen LogP contribution is -2.42. The summed E-state index contributed by atoms with van der Waals surface area (Å²) in [4.78, 5) is 22.1. The normalized spacial score (nSPS) is 10.8. The molecule has 2 aromatic rings. The van der Waals surface area contributed by atoms with Gasteiger partial charge in [0.25, 0.3) is 11.6 Å². The molecule has 1 amide bonds. The fourth-order valence-electron chi connectivity index (χ4n) is 1.94. The fraction of sp³-hybridized carbons (Fsp3) is 0.0667. The van der Waals surface area contributed by atoms with Crippen LogP contribution >= 0.6 is 28.1 Å². The van der Waals surface area contributed by atoms with Crippen molar-refractivity contribution in [2.24, 2.45) is 0 Å². The summed E-state index contributed by atoms with van der Waals surface area (Å²) < 4.78 is 38.6. The quantitative estimate of drug-likeness (QED) is 0.361. The summed E-state index contributed by atoms with van der Waals surface area (Å²) >= 11 is 8.10. The summed E-state index contributed by atoms with van der Waals surface area (Å²) in [6.07, 6.45) is -4.72. The van der Waals surface area contributed by atoms with Crippen LogP contribution in [0.2, 0.25) is 0 Å². The first-order valence-corrected chi connectivity index (χ1v) is 8.27. The van der Waals surface area contributed by atoms with Gasteiger partial charge in [-0.25, -0.2) is 0 Å². The largest absolute Gasteiger partial charge is 0.416 e. The number of nitrogens with zero attached hydrogens (tertiary/aromatic N) is 1. The first kappa shape index (κ1) is 20.6. The van der Waals surface area contributed by atoms with E-state index in [9.17, 15) is 28.1 Å². The molecule has 12 heteroatoms. The topological polar surface area (TPSA) is 96.3 Å². The molecule has 0 saturated carbocycles. The lowest BCUT2D eigenvalue weighted by molar-refractivity contribution is -0.384. The molecular weight excluding hydrogens is 453 g/mol. The molecule has 2 rings (SSSR count). The molecule has 0 saturated heterocycles. The number of carbonyl (C=O) groups excluding carboxylic acids is 1. The minimum Gasteiger partial charge on any atom is -0.298 e. The molecule has 0 atom stereocenters. The lowest BCUT2D eigenvalue weighted by atomic mass is 10.1. The number of carbonyl (C=O) groups is 1. The van der Waals surface area contributed by atoms with Crippen molar-refractivity contribution < 1.29 is 22.9 Å². The Labute approximate surface area is 164 Å². The molecule has 0 spiro atoms. The number of hydrogen-bond acceptors (Lipinski definition) is 5. The van der Waals surface area contributed by atoms with E-state index < -0.39 is 28.3 Å². The zero-order valence-corrected chi connectivity index (χ0v) is 15.5. The van der Waals surface area contributed by atoms with Gasteiger partial charge in [0, 0.05) is 10.5 Å². The van der Waals surface area contributed by atoms with E-state index in [1.807, 2.05) is 0 Å². The molecule has 0 fully saturated rings. The van der Waals surface area contributed by atoms with Crippen LogP contribution < -0.4 is 16.2 Å². The van der Waals surface area contributed by atoms with Crippen molar-refractivity contribution in [1.82, 2.24) is 10.7 Å². The minimum absolute atomic E-state index is 0.232. The van der Waals surface area contributed by atoms with Gasteiger partial charge < -0.3 is 0 Å². The van der Waals surface area contributed by atoms with Crippen LogP contribution in [0.4, 0.5) is 24.5 Å². The van der Waals surface area contributed by atoms with E-state index in [2.05, 4.69) is 32.1 Å². The second-order valence-corrected chi connectivity index (χ2v) is 6.26. The number of hydrogen-bond donors (Lipinski definition) is 3. The number of rotatable bonds is 4. The number of alkyl halides is 3. The van der Waals surface area contributed by atoms with Gasteiger partial charge in [0.15, 0.2) is 5.11 Å². The van der Waals surface area contributed by atoms with Crippen LogP contribution in [0.1, 0.15) is 15.9 Å². The molecular formula is C15H10BrF3N4O3S. The van der Waals surface area contributed by atoms with E-state index >= 15 is 0 Å². The predicted molar refractivity (Wildman–Crippen MR) is 99.1 cm³/mol. The van der Waals surface area contributed by atoms with E-state index in [-0.39, 0.29) is 10.8 Å². The average molecular weight is 463 g/mol. The highest BCUT2D eigenvalue weighted by molar-refractivity contribution is 9.10. The molecule has 7 nitrogen and oxygen atoms in total. The maximum absolute atomic E-state index is 12.7. The van der Waals surface area contributed by atoms with Crippen LogP contribution in [0.5, 0.6) is 0 Å². The maximum atomic E-state index is 12.7. The molecule has 0 unspecified atom stereocenters. The van der Waals surface area contributed by atoms with Gasteiger partial charge in [-0.05, 0) is 52.4 Å². The van der Waals surface area contributed by atoms with Crippen molar-refractivity contribution in [2.75, 3.05) is 5.43 Å². The SMILES string of the molecule is O=C(NC(=S)NNc1ccc(C(F)(F)F)cc1[N+](=O)[O-])c1ccccc1Br. The number of thiocarbonyl (C=S) groups is 1. The van der Waals surface area contributed by atoms with Gasteiger partial charge >= 0.3 is 6.18 Å². The van der Waals surface area contributed by atoms with E-state index in [0.717, 1.165) is 6.07 Å². The average Bonchev–Trinajstić information content (AvgIpc) is 2.59. The second-order valence-electron chi connectivity index (χ2n) is 5.00. The number of halogens is 4. The summed E-state index contributed by atoms with van der Waals surface area (Å²) in [6, 6.07) is 8.49. The summed E-state index contributed by atoms with van der Waals surface area (Å²) in [6.45, 7) is 0. The highest BCUT2D eigenvalue weighted by Gasteiger charge is 2.33. The Hall–Kier alpha value is -2.73. The number of anilines is 1. The van der Waals surface area contributed by atoms with Gasteiger partial charge in [-0.3, -0.25) is 31.1 Å². The van der Waals surface area contributed by atoms with Crippen LogP contribution in [0, 0.1) is 10.1 Å². The Bertz CT molecular complexity index is 908. The second kappa shape index (κ2) is 8.31. The molecule has 0 aromatic heterocycles. The van der Waals surface area contributed by atoms with Crippen molar-refractivity contribution in [2.45, 2.75) is 6.18 Å². The third-order valence-electron chi connectivity index (χ3n) is 3.18. The summed E-state index contributed by atoms with van der Waals surface area (Å²) in [7, 11) is 0. The van der Waals surface area contributed by atoms with E-state index in [1.165, 1.54) is 6.07 Å². The Morgan fingerprint density at radius 2 is 1.85 bits per heavy atom. The summed E-state index contributed by atoms with van der Waals surface area (Å²) in [5.41, 5.74) is 2.70. The molecule has 0 bridgehead atoms. The number of hydrazine groups is 1. The van der Waals surface area contributed by atoms with Gasteiger partial charge in [-0.15, -0.1) is 0 Å². The number of nitro benzene ring substituents is 1. The van der Waals surface area contributed by atoms with Crippen LogP contribution in [-0.4, -0.2) is 15.9 Å². The molecule has 0 heterocycles. The standard InChI is InChI=1S/C15H10BrF3N4O3S/c16-10-4-2-1-3-9(10)13(24)20-14(27)22-21-11-6-5-8(15(17,18)19)7-12(11)23(25)26/h1-7,21H,(H2,20,22,24,27). The van der Waals surface area contributed by atoms with Crippen molar-refractivity contribution in [3.05, 3.63) is 68.2 Å². The molecule has 0 aliphatic rings. The lowest BCUT2D eigenvalue weighted by Gasteiger charge is -2.13. The van der Waals surface area contributed by atoms with Gasteiger partial charge in [0.2, 0.25) is 0 Å². The molecule has 0 radical (unpaired) electrons. The Balaban J connectivity index is 2.07. The Morgan fingerprint density at radius 1 is 1.19 bits per heavy atom. The number of nitrogens with one attached hydrogen (secondary N) is 3. The van der Waals surface area contributed by atoms with Gasteiger partial charge in [0.05, 0.1) is 16.1 Å². The third kappa shape index (κ3) is 5.37. The van der Waals surface area contributed by atoms with Crippen LogP contribution in [0.15, 0.2) is 46.9 Å². The molecule has 3 N–H and O–H groups in total. The third-order valence-corrected chi connectivity index (χ3v) is 4.07. The predicted octanol–water partition coefficient (Wildman–Crippen LogP) is 4.01. The van der Waals surface area contributed by atoms with Crippen molar-refractivity contribution >= 4 is 50.5 Å². The van der Waals surface area contributed by atoms with Crippen molar-refractivity contribution in [3.8, 4) is 0 Å². The number of benzene rings is 2. The first-order valence-electron chi connectivity index (χ1n) is 7.07. The minimum atomic E-state index is -4.72. The molecule has 142 valence electrons. The number of nitro groups is 1. The van der Waals surface area contributed by atoms with Crippen LogP contribution in [-0.2, 0) is 6.18 Å². The van der Waals surface area contributed by atoms with Gasteiger partial charge in [-0.1, -0.05) is 12.1 Å². The zero-order chi connectivity index (χ0) is 20.2. The summed E-state index contributed by atoms with van der Waals surface area (Å²) in [5, 5.41) is 13.1. The maximum Gasteiger partial charge on any atom is 0.416 e. The summed E-state index contributed by atoms with van der Waals surface area (Å²) in [5.74, 6) is -0.552. The van der Waals surface area contributed by atoms with Crippen LogP contribution in [0.25, 0.3) is 0 Å². The highest BCUT2D eigenvalue weighted by atomic mass is 79.9. The Kier molecular flexibility index (Phi) is 6.33. The smallest absolute Gasteiger partial charge is 0.298 e.